The lowest BCUT2D eigenvalue weighted by atomic mass is 10.1. The molecule has 1 aromatic carbocycles. The van der Waals surface area contributed by atoms with Crippen molar-refractivity contribution in [2.24, 2.45) is 0 Å². The van der Waals surface area contributed by atoms with Gasteiger partial charge < -0.3 is 14.5 Å². The first-order chi connectivity index (χ1) is 7.73. The Morgan fingerprint density at radius 1 is 1.29 bits per heavy atom. The molecule has 0 aromatic heterocycles. The predicted octanol–water partition coefficient (Wildman–Crippen LogP) is 1.53. The monoisotopic (exact) mass is 260 g/mol. The van der Waals surface area contributed by atoms with Crippen LogP contribution in [0.4, 0.5) is 0 Å². The summed E-state index contributed by atoms with van der Waals surface area (Å²) in [7, 11) is -4.79. The second-order valence-electron chi connectivity index (χ2n) is 3.49. The van der Waals surface area contributed by atoms with E-state index in [9.17, 15) is 9.36 Å². The highest BCUT2D eigenvalue weighted by molar-refractivity contribution is 7.46. The number of carbonyl (C=O) groups excluding carboxylic acids is 1. The maximum absolute atomic E-state index is 11.0. The van der Waals surface area contributed by atoms with Crippen LogP contribution >= 0.6 is 7.82 Å². The highest BCUT2D eigenvalue weighted by atomic mass is 31.2. The van der Waals surface area contributed by atoms with Gasteiger partial charge in [0.05, 0.1) is 0 Å². The van der Waals surface area contributed by atoms with Gasteiger partial charge in [-0.3, -0.25) is 4.79 Å². The number of hydrogen-bond acceptors (Lipinski definition) is 4. The molecule has 1 unspecified atom stereocenters. The average Bonchev–Trinajstić information content (AvgIpc) is 2.14. The maximum Gasteiger partial charge on any atom is 0.473 e. The Bertz CT molecular complexity index is 439. The van der Waals surface area contributed by atoms with Gasteiger partial charge in [-0.1, -0.05) is 30.3 Å². The molecule has 0 aliphatic rings. The van der Waals surface area contributed by atoms with Crippen molar-refractivity contribution in [1.29, 1.82) is 0 Å². The second kappa shape index (κ2) is 4.98. The molecule has 6 nitrogen and oxygen atoms in total. The largest absolute Gasteiger partial charge is 0.473 e. The van der Waals surface area contributed by atoms with Crippen LogP contribution in [-0.4, -0.2) is 15.8 Å². The number of hydrogen-bond donors (Lipinski definition) is 2. The van der Waals surface area contributed by atoms with Crippen LogP contribution in [-0.2, 0) is 24.4 Å². The normalized spacial score (nSPS) is 15.1. The standard InChI is InChI=1S/C10H13O6P/c1-8(11)15-10(2,16-17(12,13)14)9-6-4-3-5-7-9/h3-7H,1-2H3,(H2,12,13,14). The number of benzene rings is 1. The lowest BCUT2D eigenvalue weighted by Crippen LogP contribution is -2.30. The minimum absolute atomic E-state index is 0.332. The minimum atomic E-state index is -4.79. The van der Waals surface area contributed by atoms with E-state index in [0.717, 1.165) is 6.92 Å². The smallest absolute Gasteiger partial charge is 0.429 e. The molecule has 0 saturated heterocycles. The van der Waals surface area contributed by atoms with Crippen LogP contribution in [0.1, 0.15) is 19.4 Å². The number of phosphoric acid groups is 1. The fourth-order valence-corrected chi connectivity index (χ4v) is 1.97. The Balaban J connectivity index is 3.10. The van der Waals surface area contributed by atoms with E-state index in [0.29, 0.717) is 5.56 Å². The fraction of sp³-hybridized carbons (Fsp3) is 0.300. The molecular formula is C10H13O6P. The van der Waals surface area contributed by atoms with Gasteiger partial charge in [-0.05, 0) is 0 Å². The van der Waals surface area contributed by atoms with E-state index in [-0.39, 0.29) is 0 Å². The number of carbonyl (C=O) groups is 1. The van der Waals surface area contributed by atoms with E-state index in [1.807, 2.05) is 0 Å². The summed E-state index contributed by atoms with van der Waals surface area (Å²) in [6, 6.07) is 8.08. The zero-order chi connectivity index (χ0) is 13.1. The summed E-state index contributed by atoms with van der Waals surface area (Å²) in [5.41, 5.74) is 0.332. The van der Waals surface area contributed by atoms with Crippen molar-refractivity contribution in [3.8, 4) is 0 Å². The molecule has 2 N–H and O–H groups in total. The molecule has 0 saturated carbocycles. The molecule has 94 valence electrons. The first-order valence-corrected chi connectivity index (χ1v) is 6.27. The molecule has 0 bridgehead atoms. The van der Waals surface area contributed by atoms with Crippen LogP contribution in [0.2, 0.25) is 0 Å². The Labute approximate surface area is 98.4 Å². The quantitative estimate of drug-likeness (QED) is 0.484. The van der Waals surface area contributed by atoms with Crippen LogP contribution in [0.3, 0.4) is 0 Å². The third-order valence-electron chi connectivity index (χ3n) is 1.93. The van der Waals surface area contributed by atoms with Crippen molar-refractivity contribution < 1.29 is 28.4 Å². The van der Waals surface area contributed by atoms with Crippen molar-refractivity contribution in [2.75, 3.05) is 0 Å². The molecule has 17 heavy (non-hydrogen) atoms. The minimum Gasteiger partial charge on any atom is -0.429 e. The predicted molar refractivity (Wildman–Crippen MR) is 58.7 cm³/mol. The van der Waals surface area contributed by atoms with Crippen molar-refractivity contribution in [3.05, 3.63) is 35.9 Å². The lowest BCUT2D eigenvalue weighted by molar-refractivity contribution is -0.198. The van der Waals surface area contributed by atoms with E-state index in [1.165, 1.54) is 6.92 Å². The van der Waals surface area contributed by atoms with Crippen molar-refractivity contribution in [3.63, 3.8) is 0 Å². The molecule has 0 radical (unpaired) electrons. The van der Waals surface area contributed by atoms with Gasteiger partial charge in [-0.2, -0.15) is 0 Å². The summed E-state index contributed by atoms with van der Waals surface area (Å²) >= 11 is 0. The van der Waals surface area contributed by atoms with Crippen LogP contribution in [0, 0.1) is 0 Å². The Kier molecular flexibility index (Phi) is 4.06. The van der Waals surface area contributed by atoms with Gasteiger partial charge in [-0.15, -0.1) is 0 Å². The number of rotatable bonds is 4. The number of phosphoric ester groups is 1. The molecule has 1 atom stereocenters. The zero-order valence-electron chi connectivity index (χ0n) is 9.36. The van der Waals surface area contributed by atoms with Gasteiger partial charge in [0.15, 0.2) is 0 Å². The number of ether oxygens (including phenoxy) is 1. The van der Waals surface area contributed by atoms with E-state index in [4.69, 9.17) is 14.5 Å². The molecule has 1 rings (SSSR count). The summed E-state index contributed by atoms with van der Waals surface area (Å²) in [6.45, 7) is 2.40. The van der Waals surface area contributed by atoms with Gasteiger partial charge in [-0.25, -0.2) is 9.09 Å². The highest BCUT2D eigenvalue weighted by Gasteiger charge is 2.38. The molecule has 0 spiro atoms. The van der Waals surface area contributed by atoms with Crippen molar-refractivity contribution in [1.82, 2.24) is 0 Å². The van der Waals surface area contributed by atoms with Crippen molar-refractivity contribution in [2.45, 2.75) is 19.6 Å². The van der Waals surface area contributed by atoms with E-state index < -0.39 is 19.6 Å². The lowest BCUT2D eigenvalue weighted by Gasteiger charge is -2.29. The average molecular weight is 260 g/mol. The molecule has 0 aliphatic heterocycles. The first-order valence-electron chi connectivity index (χ1n) is 4.74. The number of esters is 1. The van der Waals surface area contributed by atoms with Gasteiger partial charge in [0, 0.05) is 19.4 Å². The molecule has 0 heterocycles. The summed E-state index contributed by atoms with van der Waals surface area (Å²) in [5, 5.41) is 0. The Morgan fingerprint density at radius 2 is 1.82 bits per heavy atom. The van der Waals surface area contributed by atoms with Crippen LogP contribution in [0.15, 0.2) is 30.3 Å². The van der Waals surface area contributed by atoms with E-state index >= 15 is 0 Å². The van der Waals surface area contributed by atoms with E-state index in [2.05, 4.69) is 4.52 Å². The van der Waals surface area contributed by atoms with Gasteiger partial charge >= 0.3 is 13.8 Å². The first kappa shape index (κ1) is 13.9. The maximum atomic E-state index is 11.0. The highest BCUT2D eigenvalue weighted by Crippen LogP contribution is 2.45. The topological polar surface area (TPSA) is 93.1 Å². The summed E-state index contributed by atoms with van der Waals surface area (Å²) in [5.74, 6) is -2.52. The van der Waals surface area contributed by atoms with Crippen LogP contribution < -0.4 is 0 Å². The van der Waals surface area contributed by atoms with E-state index in [1.54, 1.807) is 30.3 Å². The summed E-state index contributed by atoms with van der Waals surface area (Å²) in [4.78, 5) is 28.6. The Hall–Kier alpha value is -1.20. The molecular weight excluding hydrogens is 247 g/mol. The van der Waals surface area contributed by atoms with Crippen LogP contribution in [0.25, 0.3) is 0 Å². The third kappa shape index (κ3) is 4.28. The third-order valence-corrected chi connectivity index (χ3v) is 2.52. The van der Waals surface area contributed by atoms with Gasteiger partial charge in [0.1, 0.15) is 0 Å². The fourth-order valence-electron chi connectivity index (χ4n) is 1.37. The SMILES string of the molecule is CC(=O)OC(C)(OP(=O)(O)O)c1ccccc1. The Morgan fingerprint density at radius 3 is 2.24 bits per heavy atom. The molecule has 1 aromatic rings. The van der Waals surface area contributed by atoms with Crippen molar-refractivity contribution >= 4 is 13.8 Å². The van der Waals surface area contributed by atoms with Crippen LogP contribution in [0.5, 0.6) is 0 Å². The zero-order valence-corrected chi connectivity index (χ0v) is 10.3. The van der Waals surface area contributed by atoms with Gasteiger partial charge in [0.2, 0.25) is 5.79 Å². The summed E-state index contributed by atoms with van der Waals surface area (Å²) < 4.78 is 20.3. The molecule has 0 fully saturated rings. The molecule has 0 amide bonds. The van der Waals surface area contributed by atoms with Gasteiger partial charge in [0.25, 0.3) is 0 Å². The molecule has 7 heteroatoms. The summed E-state index contributed by atoms with van der Waals surface area (Å²) in [6.07, 6.45) is 0. The second-order valence-corrected chi connectivity index (χ2v) is 4.65. The molecule has 0 aliphatic carbocycles.